The fourth-order valence-corrected chi connectivity index (χ4v) is 6.07. The van der Waals surface area contributed by atoms with E-state index in [4.69, 9.17) is 0 Å². The first kappa shape index (κ1) is 21.3. The van der Waals surface area contributed by atoms with Gasteiger partial charge >= 0.3 is 0 Å². The second-order valence-electron chi connectivity index (χ2n) is 7.95. The molecule has 0 saturated heterocycles. The summed E-state index contributed by atoms with van der Waals surface area (Å²) in [7, 11) is -1.69. The van der Waals surface area contributed by atoms with Gasteiger partial charge in [-0.05, 0) is 61.4 Å². The van der Waals surface area contributed by atoms with Gasteiger partial charge < -0.3 is 0 Å². The Bertz CT molecular complexity index is 932. The van der Waals surface area contributed by atoms with Crippen LogP contribution < -0.4 is 0 Å². The van der Waals surface area contributed by atoms with E-state index < -0.39 is 10.0 Å². The lowest BCUT2D eigenvalue weighted by molar-refractivity contribution is 0.175. The molecular weight excluding hydrogens is 392 g/mol. The Balaban J connectivity index is 0.00000225. The van der Waals surface area contributed by atoms with Crippen molar-refractivity contribution < 1.29 is 8.42 Å². The van der Waals surface area contributed by atoms with Gasteiger partial charge in [-0.15, -0.1) is 12.4 Å². The summed E-state index contributed by atoms with van der Waals surface area (Å²) in [5.74, 6) is 0. The van der Waals surface area contributed by atoms with Gasteiger partial charge in [0.1, 0.15) is 0 Å². The molecule has 1 heterocycles. The molecule has 0 aromatic heterocycles. The number of hydrogen-bond donors (Lipinski definition) is 0. The molecule has 0 radical (unpaired) electrons. The van der Waals surface area contributed by atoms with Gasteiger partial charge in [0.2, 0.25) is 10.0 Å². The van der Waals surface area contributed by atoms with Gasteiger partial charge in [-0.25, -0.2) is 8.42 Å². The van der Waals surface area contributed by atoms with Crippen molar-refractivity contribution in [2.75, 3.05) is 13.6 Å². The predicted octanol–water partition coefficient (Wildman–Crippen LogP) is 4.02. The lowest BCUT2D eigenvalue weighted by Crippen LogP contribution is -2.40. The first-order valence-corrected chi connectivity index (χ1v) is 11.2. The molecular formula is C22H29ClN2O2S. The van der Waals surface area contributed by atoms with Gasteiger partial charge in [0.05, 0.1) is 4.90 Å². The summed E-state index contributed by atoms with van der Waals surface area (Å²) in [6.07, 6.45) is 4.02. The number of rotatable bonds is 4. The molecule has 1 aliphatic heterocycles. The lowest BCUT2D eigenvalue weighted by Gasteiger charge is -2.34. The molecule has 0 unspecified atom stereocenters. The van der Waals surface area contributed by atoms with E-state index >= 15 is 0 Å². The number of halogens is 1. The van der Waals surface area contributed by atoms with Crippen LogP contribution in [0.2, 0.25) is 0 Å². The van der Waals surface area contributed by atoms with Crippen LogP contribution in [0.4, 0.5) is 0 Å². The zero-order chi connectivity index (χ0) is 19.0. The first-order valence-electron chi connectivity index (χ1n) is 9.80. The molecule has 6 heteroatoms. The minimum absolute atomic E-state index is 0. The monoisotopic (exact) mass is 420 g/mol. The van der Waals surface area contributed by atoms with Crippen molar-refractivity contribution in [1.82, 2.24) is 9.21 Å². The Morgan fingerprint density at radius 1 is 1.04 bits per heavy atom. The van der Waals surface area contributed by atoms with E-state index in [9.17, 15) is 8.42 Å². The van der Waals surface area contributed by atoms with E-state index in [-0.39, 0.29) is 18.4 Å². The fraction of sp³-hybridized carbons (Fsp3) is 0.455. The summed E-state index contributed by atoms with van der Waals surface area (Å²) in [5, 5.41) is 0. The zero-order valence-electron chi connectivity index (χ0n) is 16.5. The van der Waals surface area contributed by atoms with E-state index in [2.05, 4.69) is 29.2 Å². The summed E-state index contributed by atoms with van der Waals surface area (Å²) in [6.45, 7) is 3.99. The van der Waals surface area contributed by atoms with Crippen molar-refractivity contribution in [3.05, 3.63) is 65.2 Å². The van der Waals surface area contributed by atoms with Gasteiger partial charge in [-0.1, -0.05) is 36.4 Å². The normalized spacial score (nSPS) is 22.7. The Hall–Kier alpha value is -1.40. The predicted molar refractivity (Wildman–Crippen MR) is 115 cm³/mol. The van der Waals surface area contributed by atoms with Gasteiger partial charge in [0.15, 0.2) is 0 Å². The molecule has 2 atom stereocenters. The van der Waals surface area contributed by atoms with Crippen LogP contribution in [0.1, 0.15) is 36.0 Å². The van der Waals surface area contributed by atoms with Crippen molar-refractivity contribution in [3.63, 3.8) is 0 Å². The highest BCUT2D eigenvalue weighted by Crippen LogP contribution is 2.33. The van der Waals surface area contributed by atoms with Gasteiger partial charge in [-0.3, -0.25) is 4.90 Å². The van der Waals surface area contributed by atoms with Gasteiger partial charge in [0, 0.05) is 32.2 Å². The number of hydrogen-bond acceptors (Lipinski definition) is 3. The standard InChI is InChI=1S/C22H28N2O2S.ClH/c1-17-6-5-9-22(14-17)27(25,26)23(2)20-10-11-21(15-20)24-13-12-18-7-3-4-8-19(18)16-24;/h3-9,14,20-21H,10-13,15-16H2,1-2H3;1H/t20-,21-;/m1./s1. The summed E-state index contributed by atoms with van der Waals surface area (Å²) >= 11 is 0. The molecule has 2 aromatic rings. The molecule has 4 nitrogen and oxygen atoms in total. The zero-order valence-corrected chi connectivity index (χ0v) is 18.2. The molecule has 0 amide bonds. The Morgan fingerprint density at radius 3 is 2.54 bits per heavy atom. The molecule has 2 aromatic carbocycles. The maximum Gasteiger partial charge on any atom is 0.243 e. The van der Waals surface area contributed by atoms with Crippen LogP contribution in [-0.2, 0) is 23.0 Å². The van der Waals surface area contributed by atoms with E-state index in [1.807, 2.05) is 19.1 Å². The van der Waals surface area contributed by atoms with Crippen molar-refractivity contribution >= 4 is 22.4 Å². The minimum atomic E-state index is -3.43. The highest BCUT2D eigenvalue weighted by molar-refractivity contribution is 7.89. The third-order valence-electron chi connectivity index (χ3n) is 6.23. The van der Waals surface area contributed by atoms with Crippen LogP contribution in [0.3, 0.4) is 0 Å². The molecule has 152 valence electrons. The lowest BCUT2D eigenvalue weighted by atomic mass is 9.98. The van der Waals surface area contributed by atoms with Gasteiger partial charge in [0.25, 0.3) is 0 Å². The van der Waals surface area contributed by atoms with Crippen LogP contribution in [0.15, 0.2) is 53.4 Å². The second kappa shape index (κ2) is 8.54. The number of aryl methyl sites for hydroxylation is 1. The molecule has 2 aliphatic rings. The molecule has 1 fully saturated rings. The third-order valence-corrected chi connectivity index (χ3v) is 8.14. The molecule has 4 rings (SSSR count). The Labute approximate surface area is 175 Å². The number of fused-ring (bicyclic) bond motifs is 1. The maximum absolute atomic E-state index is 13.0. The molecule has 28 heavy (non-hydrogen) atoms. The van der Waals surface area contributed by atoms with E-state index in [1.165, 1.54) is 11.1 Å². The van der Waals surface area contributed by atoms with Crippen LogP contribution in [0, 0.1) is 6.92 Å². The van der Waals surface area contributed by atoms with Crippen LogP contribution in [0.5, 0.6) is 0 Å². The van der Waals surface area contributed by atoms with Crippen LogP contribution in [-0.4, -0.2) is 43.3 Å². The van der Waals surface area contributed by atoms with E-state index in [1.54, 1.807) is 23.5 Å². The SMILES string of the molecule is Cc1cccc(S(=O)(=O)N(C)[C@@H]2CC[C@@H](N3CCc4ccccc4C3)C2)c1.Cl. The second-order valence-corrected chi connectivity index (χ2v) is 9.95. The molecule has 0 spiro atoms. The largest absolute Gasteiger partial charge is 0.296 e. The topological polar surface area (TPSA) is 40.6 Å². The number of benzene rings is 2. The van der Waals surface area contributed by atoms with Gasteiger partial charge in [-0.2, -0.15) is 4.31 Å². The van der Waals surface area contributed by atoms with Crippen molar-refractivity contribution in [2.24, 2.45) is 0 Å². The average Bonchev–Trinajstić information content (AvgIpc) is 3.17. The molecule has 1 saturated carbocycles. The van der Waals surface area contributed by atoms with Crippen LogP contribution >= 0.6 is 12.4 Å². The summed E-state index contributed by atoms with van der Waals surface area (Å²) in [5.41, 5.74) is 3.86. The molecule has 0 bridgehead atoms. The summed E-state index contributed by atoms with van der Waals surface area (Å²) in [6, 6.07) is 16.4. The highest BCUT2D eigenvalue weighted by Gasteiger charge is 2.37. The number of nitrogens with zero attached hydrogens (tertiary/aromatic N) is 2. The minimum Gasteiger partial charge on any atom is -0.296 e. The Kier molecular flexibility index (Phi) is 6.50. The number of sulfonamides is 1. The smallest absolute Gasteiger partial charge is 0.243 e. The van der Waals surface area contributed by atoms with Crippen molar-refractivity contribution in [2.45, 2.75) is 56.1 Å². The summed E-state index contributed by atoms with van der Waals surface area (Å²) < 4.78 is 27.7. The third kappa shape index (κ3) is 4.13. The van der Waals surface area contributed by atoms with E-state index in [0.29, 0.717) is 10.9 Å². The molecule has 1 aliphatic carbocycles. The summed E-state index contributed by atoms with van der Waals surface area (Å²) in [4.78, 5) is 2.95. The fourth-order valence-electron chi connectivity index (χ4n) is 4.56. The molecule has 0 N–H and O–H groups in total. The van der Waals surface area contributed by atoms with Crippen molar-refractivity contribution in [1.29, 1.82) is 0 Å². The quantitative estimate of drug-likeness (QED) is 0.750. The maximum atomic E-state index is 13.0. The van der Waals surface area contributed by atoms with Crippen LogP contribution in [0.25, 0.3) is 0 Å². The van der Waals surface area contributed by atoms with Crippen molar-refractivity contribution in [3.8, 4) is 0 Å². The average molecular weight is 421 g/mol. The van der Waals surface area contributed by atoms with E-state index in [0.717, 1.165) is 44.3 Å². The first-order chi connectivity index (χ1) is 12.9. The Morgan fingerprint density at radius 2 is 1.79 bits per heavy atom. The highest BCUT2D eigenvalue weighted by atomic mass is 35.5.